The van der Waals surface area contributed by atoms with Gasteiger partial charge in [-0.05, 0) is 12.8 Å². The van der Waals surface area contributed by atoms with Crippen LogP contribution in [0.25, 0.3) is 0 Å². The molecule has 0 saturated carbocycles. The van der Waals surface area contributed by atoms with E-state index in [9.17, 15) is 4.79 Å². The van der Waals surface area contributed by atoms with E-state index < -0.39 is 5.97 Å². The fraction of sp³-hybridized carbons (Fsp3) is 0.625. The number of hydrogen-bond donors (Lipinski definition) is 1. The molecule has 2 rings (SSSR count). The number of carboxylic acid groups (broad SMARTS) is 1. The van der Waals surface area contributed by atoms with Crippen LogP contribution in [0.1, 0.15) is 12.8 Å². The molecule has 0 aromatic heterocycles. The van der Waals surface area contributed by atoms with Crippen molar-refractivity contribution in [3.8, 4) is 0 Å². The third-order valence-corrected chi connectivity index (χ3v) is 2.41. The highest BCUT2D eigenvalue weighted by molar-refractivity contribution is 5.73. The van der Waals surface area contributed by atoms with Crippen LogP contribution in [-0.2, 0) is 4.79 Å². The Hall–Kier alpha value is -1.03. The highest BCUT2D eigenvalue weighted by Crippen LogP contribution is 2.21. The summed E-state index contributed by atoms with van der Waals surface area (Å²) < 4.78 is 0. The molecule has 12 heavy (non-hydrogen) atoms. The first-order chi connectivity index (χ1) is 5.79. The molecule has 4 heteroatoms. The number of rotatable bonds is 1. The Labute approximate surface area is 71.0 Å². The van der Waals surface area contributed by atoms with Crippen LogP contribution in [0.15, 0.2) is 12.3 Å². The zero-order valence-corrected chi connectivity index (χ0v) is 6.81. The molecule has 1 unspecified atom stereocenters. The van der Waals surface area contributed by atoms with E-state index in [1.165, 1.54) is 0 Å². The summed E-state index contributed by atoms with van der Waals surface area (Å²) in [6.07, 6.45) is 5.71. The number of hydrogen-bond acceptors (Lipinski definition) is 3. The number of hydrazine groups is 1. The third kappa shape index (κ3) is 1.08. The maximum Gasteiger partial charge on any atom is 0.322 e. The number of carboxylic acids is 1. The second-order valence-corrected chi connectivity index (χ2v) is 3.17. The van der Waals surface area contributed by atoms with Gasteiger partial charge in [-0.1, -0.05) is 6.08 Å². The lowest BCUT2D eigenvalue weighted by molar-refractivity contribution is -0.152. The molecule has 1 N–H and O–H groups in total. The van der Waals surface area contributed by atoms with Gasteiger partial charge in [0.05, 0.1) is 0 Å². The van der Waals surface area contributed by atoms with Gasteiger partial charge in [-0.15, -0.1) is 0 Å². The minimum Gasteiger partial charge on any atom is -0.480 e. The molecular weight excluding hydrogens is 156 g/mol. The van der Waals surface area contributed by atoms with Crippen molar-refractivity contribution in [2.45, 2.75) is 18.9 Å². The van der Waals surface area contributed by atoms with Crippen LogP contribution in [0.3, 0.4) is 0 Å². The van der Waals surface area contributed by atoms with E-state index in [0.29, 0.717) is 0 Å². The van der Waals surface area contributed by atoms with Gasteiger partial charge >= 0.3 is 5.97 Å². The molecule has 2 aliphatic rings. The summed E-state index contributed by atoms with van der Waals surface area (Å²) in [6.45, 7) is 1.71. The summed E-state index contributed by atoms with van der Waals surface area (Å²) in [4.78, 5) is 10.8. The van der Waals surface area contributed by atoms with Crippen molar-refractivity contribution in [1.82, 2.24) is 10.0 Å². The van der Waals surface area contributed by atoms with E-state index in [4.69, 9.17) is 5.11 Å². The third-order valence-electron chi connectivity index (χ3n) is 2.41. The summed E-state index contributed by atoms with van der Waals surface area (Å²) >= 11 is 0. The quantitative estimate of drug-likeness (QED) is 0.610. The molecule has 66 valence electrons. The molecule has 0 spiro atoms. The average molecular weight is 168 g/mol. The van der Waals surface area contributed by atoms with Crippen LogP contribution in [0.5, 0.6) is 0 Å². The summed E-state index contributed by atoms with van der Waals surface area (Å²) in [5.41, 5.74) is 0. The smallest absolute Gasteiger partial charge is 0.322 e. The highest BCUT2D eigenvalue weighted by Gasteiger charge is 2.33. The van der Waals surface area contributed by atoms with E-state index in [-0.39, 0.29) is 6.04 Å². The molecule has 1 atom stereocenters. The first-order valence-electron chi connectivity index (χ1n) is 4.22. The van der Waals surface area contributed by atoms with Crippen LogP contribution in [0.4, 0.5) is 0 Å². The zero-order valence-electron chi connectivity index (χ0n) is 6.81. The van der Waals surface area contributed by atoms with Crippen LogP contribution >= 0.6 is 0 Å². The van der Waals surface area contributed by atoms with Gasteiger partial charge in [0, 0.05) is 19.3 Å². The lowest BCUT2D eigenvalue weighted by atomic mass is 10.1. The van der Waals surface area contributed by atoms with Crippen molar-refractivity contribution in [1.29, 1.82) is 0 Å². The Morgan fingerprint density at radius 2 is 2.42 bits per heavy atom. The Kier molecular flexibility index (Phi) is 1.77. The molecule has 1 saturated heterocycles. The molecule has 0 aromatic carbocycles. The van der Waals surface area contributed by atoms with Crippen molar-refractivity contribution in [3.63, 3.8) is 0 Å². The monoisotopic (exact) mass is 168 g/mol. The van der Waals surface area contributed by atoms with E-state index in [2.05, 4.69) is 0 Å². The summed E-state index contributed by atoms with van der Waals surface area (Å²) in [7, 11) is 0. The van der Waals surface area contributed by atoms with Crippen molar-refractivity contribution >= 4 is 5.97 Å². The Morgan fingerprint density at radius 1 is 1.58 bits per heavy atom. The number of aliphatic carboxylic acids is 1. The maximum atomic E-state index is 10.8. The molecule has 0 amide bonds. The van der Waals surface area contributed by atoms with Crippen molar-refractivity contribution in [2.24, 2.45) is 0 Å². The van der Waals surface area contributed by atoms with E-state index in [1.54, 1.807) is 0 Å². The summed E-state index contributed by atoms with van der Waals surface area (Å²) in [6, 6.07) is -0.311. The molecule has 2 heterocycles. The first-order valence-corrected chi connectivity index (χ1v) is 4.22. The molecule has 0 bridgehead atoms. The van der Waals surface area contributed by atoms with Gasteiger partial charge in [-0.25, -0.2) is 5.01 Å². The van der Waals surface area contributed by atoms with Crippen molar-refractivity contribution in [2.75, 3.05) is 13.1 Å². The molecular formula is C8H12N2O2. The summed E-state index contributed by atoms with van der Waals surface area (Å²) in [5.74, 6) is -0.705. The van der Waals surface area contributed by atoms with Gasteiger partial charge in [-0.2, -0.15) is 0 Å². The maximum absolute atomic E-state index is 10.8. The van der Waals surface area contributed by atoms with E-state index >= 15 is 0 Å². The van der Waals surface area contributed by atoms with Crippen LogP contribution in [0, 0.1) is 0 Å². The molecule has 0 aliphatic carbocycles. The minimum atomic E-state index is -0.705. The van der Waals surface area contributed by atoms with Gasteiger partial charge in [0.15, 0.2) is 0 Å². The Bertz CT molecular complexity index is 227. The first kappa shape index (κ1) is 7.61. The molecule has 0 aromatic rings. The molecule has 4 nitrogen and oxygen atoms in total. The summed E-state index contributed by atoms with van der Waals surface area (Å²) in [5, 5.41) is 12.8. The van der Waals surface area contributed by atoms with Gasteiger partial charge in [0.25, 0.3) is 0 Å². The lowest BCUT2D eigenvalue weighted by Gasteiger charge is -2.38. The number of nitrogens with zero attached hydrogens (tertiary/aromatic N) is 2. The SMILES string of the molecule is O=C(O)C1CCCN2C=CCN12. The minimum absolute atomic E-state index is 0.311. The molecule has 1 fully saturated rings. The Balaban J connectivity index is 2.11. The van der Waals surface area contributed by atoms with Crippen LogP contribution < -0.4 is 0 Å². The van der Waals surface area contributed by atoms with Gasteiger partial charge in [0.2, 0.25) is 0 Å². The number of carbonyl (C=O) groups is 1. The standard InChI is InChI=1S/C8H12N2O2/c11-8(12)7-3-1-4-9-5-2-6-10(7)9/h2,5,7H,1,3-4,6H2,(H,11,12). The predicted octanol–water partition coefficient (Wildman–Crippen LogP) is 0.280. The average Bonchev–Trinajstić information content (AvgIpc) is 2.49. The van der Waals surface area contributed by atoms with Gasteiger partial charge in [-0.3, -0.25) is 4.79 Å². The van der Waals surface area contributed by atoms with Gasteiger partial charge < -0.3 is 10.1 Å². The van der Waals surface area contributed by atoms with Crippen LogP contribution in [-0.4, -0.2) is 40.2 Å². The van der Waals surface area contributed by atoms with Crippen molar-refractivity contribution in [3.05, 3.63) is 12.3 Å². The topological polar surface area (TPSA) is 43.8 Å². The van der Waals surface area contributed by atoms with E-state index in [1.807, 2.05) is 22.3 Å². The highest BCUT2D eigenvalue weighted by atomic mass is 16.4. The lowest BCUT2D eigenvalue weighted by Crippen LogP contribution is -2.51. The molecule has 2 aliphatic heterocycles. The normalized spacial score (nSPS) is 29.0. The fourth-order valence-electron chi connectivity index (χ4n) is 1.82. The largest absolute Gasteiger partial charge is 0.480 e. The predicted molar refractivity (Wildman–Crippen MR) is 43.2 cm³/mol. The van der Waals surface area contributed by atoms with E-state index in [0.717, 1.165) is 25.9 Å². The number of fused-ring (bicyclic) bond motifs is 1. The zero-order chi connectivity index (χ0) is 8.55. The second-order valence-electron chi connectivity index (χ2n) is 3.17. The van der Waals surface area contributed by atoms with Crippen molar-refractivity contribution < 1.29 is 9.90 Å². The Morgan fingerprint density at radius 3 is 3.17 bits per heavy atom. The molecule has 0 radical (unpaired) electrons. The second kappa shape index (κ2) is 2.79. The fourth-order valence-corrected chi connectivity index (χ4v) is 1.82. The van der Waals surface area contributed by atoms with Crippen LogP contribution in [0.2, 0.25) is 0 Å². The van der Waals surface area contributed by atoms with Gasteiger partial charge in [0.1, 0.15) is 6.04 Å².